The molecule has 104 valence electrons. The zero-order valence-electron chi connectivity index (χ0n) is 10.9. The van der Waals surface area contributed by atoms with Gasteiger partial charge in [0.2, 0.25) is 0 Å². The van der Waals surface area contributed by atoms with Crippen molar-refractivity contribution in [3.05, 3.63) is 33.9 Å². The van der Waals surface area contributed by atoms with Crippen molar-refractivity contribution in [2.24, 2.45) is 0 Å². The standard InChI is InChI=1S/C13H18N2O3S/c1-18-13-3-2-10(8-12(13)15(16)17)9-14-11-4-6-19-7-5-11/h2-3,8,11,14H,4-7,9H2,1H3. The average molecular weight is 282 g/mol. The summed E-state index contributed by atoms with van der Waals surface area (Å²) in [6.07, 6.45) is 2.34. The van der Waals surface area contributed by atoms with Crippen LogP contribution in [0.3, 0.4) is 0 Å². The van der Waals surface area contributed by atoms with E-state index in [1.807, 2.05) is 17.8 Å². The van der Waals surface area contributed by atoms with E-state index < -0.39 is 4.92 Å². The van der Waals surface area contributed by atoms with Crippen LogP contribution in [0.15, 0.2) is 18.2 Å². The summed E-state index contributed by atoms with van der Waals surface area (Å²) in [4.78, 5) is 10.5. The first-order chi connectivity index (χ1) is 9.20. The van der Waals surface area contributed by atoms with E-state index in [2.05, 4.69) is 5.32 Å². The summed E-state index contributed by atoms with van der Waals surface area (Å²) in [6, 6.07) is 5.65. The van der Waals surface area contributed by atoms with E-state index in [9.17, 15) is 10.1 Å². The van der Waals surface area contributed by atoms with Crippen LogP contribution in [0.1, 0.15) is 18.4 Å². The minimum atomic E-state index is -0.403. The maximum Gasteiger partial charge on any atom is 0.311 e. The molecule has 0 spiro atoms. The fourth-order valence-corrected chi connectivity index (χ4v) is 3.26. The third-order valence-corrected chi connectivity index (χ3v) is 4.30. The first-order valence-corrected chi connectivity index (χ1v) is 7.48. The first kappa shape index (κ1) is 14.1. The molecule has 0 saturated carbocycles. The van der Waals surface area contributed by atoms with Crippen LogP contribution in [0.2, 0.25) is 0 Å². The minimum Gasteiger partial charge on any atom is -0.490 e. The summed E-state index contributed by atoms with van der Waals surface area (Å²) >= 11 is 1.99. The average Bonchev–Trinajstić information content (AvgIpc) is 2.46. The van der Waals surface area contributed by atoms with E-state index in [4.69, 9.17) is 4.74 Å². The van der Waals surface area contributed by atoms with Gasteiger partial charge in [-0.25, -0.2) is 0 Å². The Kier molecular flexibility index (Phi) is 5.04. The van der Waals surface area contributed by atoms with Crippen molar-refractivity contribution in [1.82, 2.24) is 5.32 Å². The van der Waals surface area contributed by atoms with Gasteiger partial charge in [0.15, 0.2) is 5.75 Å². The van der Waals surface area contributed by atoms with Crippen LogP contribution < -0.4 is 10.1 Å². The second-order valence-corrected chi connectivity index (χ2v) is 5.76. The molecule has 0 aromatic heterocycles. The van der Waals surface area contributed by atoms with Crippen molar-refractivity contribution in [3.63, 3.8) is 0 Å². The Bertz CT molecular complexity index is 448. The van der Waals surface area contributed by atoms with Gasteiger partial charge < -0.3 is 10.1 Å². The molecule has 1 N–H and O–H groups in total. The molecule has 19 heavy (non-hydrogen) atoms. The van der Waals surface area contributed by atoms with Crippen LogP contribution in [-0.4, -0.2) is 29.6 Å². The normalized spacial score (nSPS) is 16.3. The Morgan fingerprint density at radius 1 is 1.47 bits per heavy atom. The summed E-state index contributed by atoms with van der Waals surface area (Å²) in [6.45, 7) is 0.667. The van der Waals surface area contributed by atoms with Gasteiger partial charge in [0.25, 0.3) is 0 Å². The molecule has 5 nitrogen and oxygen atoms in total. The van der Waals surface area contributed by atoms with E-state index in [-0.39, 0.29) is 5.69 Å². The first-order valence-electron chi connectivity index (χ1n) is 6.33. The molecule has 1 fully saturated rings. The molecule has 1 heterocycles. The Hall–Kier alpha value is -1.27. The van der Waals surface area contributed by atoms with Crippen LogP contribution in [0.5, 0.6) is 5.75 Å². The molecule has 0 radical (unpaired) electrons. The topological polar surface area (TPSA) is 64.4 Å². The predicted octanol–water partition coefficient (Wildman–Crippen LogP) is 2.59. The van der Waals surface area contributed by atoms with Gasteiger partial charge in [-0.05, 0) is 36.0 Å². The SMILES string of the molecule is COc1ccc(CNC2CCSCC2)cc1[N+](=O)[O-]. The van der Waals surface area contributed by atoms with Gasteiger partial charge in [0, 0.05) is 18.7 Å². The lowest BCUT2D eigenvalue weighted by molar-refractivity contribution is -0.385. The number of nitro benzene ring substituents is 1. The summed E-state index contributed by atoms with van der Waals surface area (Å²) in [5, 5.41) is 14.4. The van der Waals surface area contributed by atoms with E-state index in [1.54, 1.807) is 12.1 Å². The van der Waals surface area contributed by atoms with Crippen molar-refractivity contribution in [1.29, 1.82) is 0 Å². The summed E-state index contributed by atoms with van der Waals surface area (Å²) < 4.78 is 4.99. The Labute approximate surface area is 116 Å². The zero-order valence-corrected chi connectivity index (χ0v) is 11.7. The number of benzene rings is 1. The van der Waals surface area contributed by atoms with Crippen molar-refractivity contribution in [2.45, 2.75) is 25.4 Å². The van der Waals surface area contributed by atoms with Crippen molar-refractivity contribution >= 4 is 17.4 Å². The van der Waals surface area contributed by atoms with E-state index in [1.165, 1.54) is 31.5 Å². The number of nitrogens with one attached hydrogen (secondary N) is 1. The number of methoxy groups -OCH3 is 1. The number of ether oxygens (including phenoxy) is 1. The van der Waals surface area contributed by atoms with Crippen LogP contribution in [0, 0.1) is 10.1 Å². The number of hydrogen-bond acceptors (Lipinski definition) is 5. The van der Waals surface area contributed by atoms with Gasteiger partial charge in [-0.15, -0.1) is 0 Å². The number of nitrogens with zero attached hydrogens (tertiary/aromatic N) is 1. The van der Waals surface area contributed by atoms with Crippen molar-refractivity contribution < 1.29 is 9.66 Å². The molecule has 0 aliphatic carbocycles. The van der Waals surface area contributed by atoms with E-state index in [0.717, 1.165) is 5.56 Å². The van der Waals surface area contributed by atoms with Crippen LogP contribution >= 0.6 is 11.8 Å². The number of nitro groups is 1. The molecule has 1 aliphatic rings. The molecule has 0 bridgehead atoms. The highest BCUT2D eigenvalue weighted by molar-refractivity contribution is 7.99. The van der Waals surface area contributed by atoms with Crippen molar-refractivity contribution in [3.8, 4) is 5.75 Å². The smallest absolute Gasteiger partial charge is 0.311 e. The molecule has 0 unspecified atom stereocenters. The van der Waals surface area contributed by atoms with Crippen LogP contribution in [0.4, 0.5) is 5.69 Å². The molecule has 1 aromatic carbocycles. The monoisotopic (exact) mass is 282 g/mol. The molecule has 1 aromatic rings. The second-order valence-electron chi connectivity index (χ2n) is 4.53. The lowest BCUT2D eigenvalue weighted by atomic mass is 10.1. The maximum absolute atomic E-state index is 10.9. The number of thioether (sulfide) groups is 1. The van der Waals surface area contributed by atoms with Crippen molar-refractivity contribution in [2.75, 3.05) is 18.6 Å². The fraction of sp³-hybridized carbons (Fsp3) is 0.538. The Morgan fingerprint density at radius 3 is 2.84 bits per heavy atom. The molecule has 2 rings (SSSR count). The third kappa shape index (κ3) is 3.84. The highest BCUT2D eigenvalue weighted by Gasteiger charge is 2.16. The molecule has 6 heteroatoms. The van der Waals surface area contributed by atoms with Gasteiger partial charge in [0.05, 0.1) is 12.0 Å². The lowest BCUT2D eigenvalue weighted by Gasteiger charge is -2.22. The molecular weight excluding hydrogens is 264 g/mol. The summed E-state index contributed by atoms with van der Waals surface area (Å²) in [5.41, 5.74) is 0.951. The number of rotatable bonds is 5. The Balaban J connectivity index is 2.00. The maximum atomic E-state index is 10.9. The quantitative estimate of drug-likeness (QED) is 0.664. The van der Waals surface area contributed by atoms with E-state index >= 15 is 0 Å². The lowest BCUT2D eigenvalue weighted by Crippen LogP contribution is -2.32. The van der Waals surface area contributed by atoms with Gasteiger partial charge in [-0.1, -0.05) is 6.07 Å². The van der Waals surface area contributed by atoms with Gasteiger partial charge in [-0.2, -0.15) is 11.8 Å². The van der Waals surface area contributed by atoms with Gasteiger partial charge >= 0.3 is 5.69 Å². The Morgan fingerprint density at radius 2 is 2.21 bits per heavy atom. The number of hydrogen-bond donors (Lipinski definition) is 1. The van der Waals surface area contributed by atoms with Crippen LogP contribution in [0.25, 0.3) is 0 Å². The van der Waals surface area contributed by atoms with E-state index in [0.29, 0.717) is 18.3 Å². The second kappa shape index (κ2) is 6.77. The summed E-state index contributed by atoms with van der Waals surface area (Å²) in [7, 11) is 1.44. The molecule has 0 amide bonds. The highest BCUT2D eigenvalue weighted by atomic mass is 32.2. The molecule has 1 aliphatic heterocycles. The largest absolute Gasteiger partial charge is 0.490 e. The van der Waals surface area contributed by atoms with Gasteiger partial charge in [-0.3, -0.25) is 10.1 Å². The molecule has 1 saturated heterocycles. The highest BCUT2D eigenvalue weighted by Crippen LogP contribution is 2.27. The fourth-order valence-electron chi connectivity index (χ4n) is 2.15. The summed E-state index contributed by atoms with van der Waals surface area (Å²) in [5.74, 6) is 2.70. The van der Waals surface area contributed by atoms with Crippen LogP contribution in [-0.2, 0) is 6.54 Å². The minimum absolute atomic E-state index is 0.0287. The molecular formula is C13H18N2O3S. The van der Waals surface area contributed by atoms with Gasteiger partial charge in [0.1, 0.15) is 0 Å². The predicted molar refractivity (Wildman–Crippen MR) is 76.8 cm³/mol. The zero-order chi connectivity index (χ0) is 13.7. The molecule has 0 atom stereocenters. The third-order valence-electron chi connectivity index (χ3n) is 3.26.